The van der Waals surface area contributed by atoms with Crippen molar-refractivity contribution >= 4 is 23.2 Å². The van der Waals surface area contributed by atoms with Crippen LogP contribution in [0.25, 0.3) is 0 Å². The molecule has 0 saturated heterocycles. The molecule has 0 radical (unpaired) electrons. The highest BCUT2D eigenvalue weighted by molar-refractivity contribution is 6.04. The van der Waals surface area contributed by atoms with E-state index in [-0.39, 0.29) is 18.2 Å². The van der Waals surface area contributed by atoms with E-state index >= 15 is 0 Å². The van der Waals surface area contributed by atoms with E-state index in [4.69, 9.17) is 9.47 Å². The number of nitrogens with zero attached hydrogens (tertiary/aromatic N) is 1. The summed E-state index contributed by atoms with van der Waals surface area (Å²) in [7, 11) is 5.19. The number of hydrogen-bond acceptors (Lipinski definition) is 5. The number of rotatable bonds is 7. The maximum Gasteiger partial charge on any atom is 0.255 e. The number of nitrogens with one attached hydrogen (secondary N) is 2. The van der Waals surface area contributed by atoms with Gasteiger partial charge in [0, 0.05) is 36.1 Å². The highest BCUT2D eigenvalue weighted by Gasteiger charge is 2.16. The van der Waals surface area contributed by atoms with Gasteiger partial charge in [0.2, 0.25) is 5.91 Å². The molecule has 176 valence electrons. The lowest BCUT2D eigenvalue weighted by Crippen LogP contribution is -2.27. The fourth-order valence-corrected chi connectivity index (χ4v) is 4.11. The van der Waals surface area contributed by atoms with E-state index in [1.807, 2.05) is 42.5 Å². The maximum absolute atomic E-state index is 12.8. The lowest BCUT2D eigenvalue weighted by Gasteiger charge is -2.25. The van der Waals surface area contributed by atoms with Crippen molar-refractivity contribution in [3.8, 4) is 11.5 Å². The van der Waals surface area contributed by atoms with E-state index in [0.29, 0.717) is 28.4 Å². The number of likely N-dealkylation sites (N-methyl/N-ethyl adjacent to an activating group) is 1. The van der Waals surface area contributed by atoms with Crippen molar-refractivity contribution in [2.45, 2.75) is 19.4 Å². The van der Waals surface area contributed by atoms with Gasteiger partial charge in [0.25, 0.3) is 5.91 Å². The molecular weight excluding hydrogens is 430 g/mol. The zero-order valence-electron chi connectivity index (χ0n) is 19.7. The Hall–Kier alpha value is -3.84. The Bertz CT molecular complexity index is 1210. The molecule has 0 unspecified atom stereocenters. The van der Waals surface area contributed by atoms with Gasteiger partial charge in [-0.05, 0) is 66.6 Å². The molecule has 4 rings (SSSR count). The Labute approximate surface area is 199 Å². The first kappa shape index (κ1) is 23.3. The number of carbonyl (C=O) groups is 2. The molecule has 0 fully saturated rings. The summed E-state index contributed by atoms with van der Waals surface area (Å²) in [5, 5.41) is 5.82. The van der Waals surface area contributed by atoms with E-state index in [2.05, 4.69) is 22.6 Å². The Balaban J connectivity index is 1.40. The predicted molar refractivity (Wildman–Crippen MR) is 133 cm³/mol. The summed E-state index contributed by atoms with van der Waals surface area (Å²) in [4.78, 5) is 27.7. The number of amides is 2. The van der Waals surface area contributed by atoms with E-state index in [9.17, 15) is 9.59 Å². The molecule has 3 aromatic rings. The molecule has 0 bridgehead atoms. The maximum atomic E-state index is 12.8. The van der Waals surface area contributed by atoms with Crippen molar-refractivity contribution < 1.29 is 19.1 Å². The molecule has 1 aliphatic rings. The van der Waals surface area contributed by atoms with Crippen molar-refractivity contribution in [2.75, 3.05) is 38.4 Å². The molecule has 7 nitrogen and oxygen atoms in total. The Morgan fingerprint density at radius 2 is 1.68 bits per heavy atom. The number of anilines is 2. The standard InChI is InChI=1S/C27H29N3O4/c1-30-12-11-19-7-8-20(15-21(19)17-30)27(32)29-22-6-4-5-18(13-22)14-26(31)28-23-9-10-24(33-2)25(16-23)34-3/h4-10,13,15-16H,11-12,14,17H2,1-3H3,(H,28,31)(H,29,32). The smallest absolute Gasteiger partial charge is 0.255 e. The van der Waals surface area contributed by atoms with Crippen LogP contribution < -0.4 is 20.1 Å². The first-order valence-corrected chi connectivity index (χ1v) is 11.2. The number of benzene rings is 3. The lowest BCUT2D eigenvalue weighted by molar-refractivity contribution is -0.115. The Morgan fingerprint density at radius 1 is 0.882 bits per heavy atom. The highest BCUT2D eigenvalue weighted by Crippen LogP contribution is 2.29. The number of fused-ring (bicyclic) bond motifs is 1. The fraction of sp³-hybridized carbons (Fsp3) is 0.259. The van der Waals surface area contributed by atoms with Crippen LogP contribution in [0.15, 0.2) is 60.7 Å². The van der Waals surface area contributed by atoms with Crippen LogP contribution in [0, 0.1) is 0 Å². The van der Waals surface area contributed by atoms with Crippen LogP contribution in [0.2, 0.25) is 0 Å². The van der Waals surface area contributed by atoms with Crippen LogP contribution in [0.3, 0.4) is 0 Å². The molecule has 0 spiro atoms. The second-order valence-electron chi connectivity index (χ2n) is 8.42. The first-order valence-electron chi connectivity index (χ1n) is 11.2. The third-order valence-electron chi connectivity index (χ3n) is 5.89. The summed E-state index contributed by atoms with van der Waals surface area (Å²) < 4.78 is 10.5. The second-order valence-corrected chi connectivity index (χ2v) is 8.42. The fourth-order valence-electron chi connectivity index (χ4n) is 4.11. The average Bonchev–Trinajstić information content (AvgIpc) is 2.83. The van der Waals surface area contributed by atoms with Crippen LogP contribution in [-0.4, -0.2) is 44.5 Å². The Morgan fingerprint density at radius 3 is 2.47 bits per heavy atom. The van der Waals surface area contributed by atoms with Crippen LogP contribution in [-0.2, 0) is 24.2 Å². The van der Waals surface area contributed by atoms with Gasteiger partial charge in [0.05, 0.1) is 20.6 Å². The Kier molecular flexibility index (Phi) is 7.13. The van der Waals surface area contributed by atoms with E-state index in [1.165, 1.54) is 11.1 Å². The summed E-state index contributed by atoms with van der Waals surface area (Å²) in [6, 6.07) is 18.4. The summed E-state index contributed by atoms with van der Waals surface area (Å²) in [5.41, 5.74) is 5.19. The van der Waals surface area contributed by atoms with Crippen molar-refractivity contribution in [3.63, 3.8) is 0 Å². The number of carbonyl (C=O) groups excluding carboxylic acids is 2. The molecule has 1 heterocycles. The summed E-state index contributed by atoms with van der Waals surface area (Å²) in [6.07, 6.45) is 1.17. The molecule has 7 heteroatoms. The van der Waals surface area contributed by atoms with Gasteiger partial charge in [0.15, 0.2) is 11.5 Å². The van der Waals surface area contributed by atoms with Gasteiger partial charge in [-0.1, -0.05) is 18.2 Å². The molecule has 0 atom stereocenters. The molecule has 2 N–H and O–H groups in total. The number of ether oxygens (including phenoxy) is 2. The summed E-state index contributed by atoms with van der Waals surface area (Å²) in [6.45, 7) is 1.88. The van der Waals surface area contributed by atoms with Gasteiger partial charge in [-0.25, -0.2) is 0 Å². The quantitative estimate of drug-likeness (QED) is 0.556. The lowest BCUT2D eigenvalue weighted by atomic mass is 9.97. The van der Waals surface area contributed by atoms with E-state index in [1.54, 1.807) is 32.4 Å². The third kappa shape index (κ3) is 5.55. The van der Waals surface area contributed by atoms with Gasteiger partial charge >= 0.3 is 0 Å². The molecule has 34 heavy (non-hydrogen) atoms. The van der Waals surface area contributed by atoms with E-state index in [0.717, 1.165) is 25.1 Å². The molecular formula is C27H29N3O4. The van der Waals surface area contributed by atoms with Crippen molar-refractivity contribution in [2.24, 2.45) is 0 Å². The van der Waals surface area contributed by atoms with Crippen LogP contribution in [0.4, 0.5) is 11.4 Å². The van der Waals surface area contributed by atoms with Crippen molar-refractivity contribution in [1.82, 2.24) is 4.90 Å². The van der Waals surface area contributed by atoms with Gasteiger partial charge in [-0.15, -0.1) is 0 Å². The molecule has 0 aliphatic carbocycles. The number of methoxy groups -OCH3 is 2. The number of hydrogen-bond donors (Lipinski definition) is 2. The third-order valence-corrected chi connectivity index (χ3v) is 5.89. The zero-order chi connectivity index (χ0) is 24.1. The second kappa shape index (κ2) is 10.4. The molecule has 0 saturated carbocycles. The molecule has 1 aliphatic heterocycles. The van der Waals surface area contributed by atoms with Gasteiger partial charge in [0.1, 0.15) is 0 Å². The van der Waals surface area contributed by atoms with Crippen LogP contribution >= 0.6 is 0 Å². The molecule has 2 amide bonds. The largest absolute Gasteiger partial charge is 0.493 e. The van der Waals surface area contributed by atoms with Crippen molar-refractivity contribution in [3.05, 3.63) is 82.9 Å². The SMILES string of the molecule is COc1ccc(NC(=O)Cc2cccc(NC(=O)c3ccc4c(c3)CN(C)CC4)c2)cc1OC. The normalized spacial score (nSPS) is 13.0. The van der Waals surface area contributed by atoms with Crippen LogP contribution in [0.1, 0.15) is 27.0 Å². The highest BCUT2D eigenvalue weighted by atomic mass is 16.5. The minimum absolute atomic E-state index is 0.164. The van der Waals surface area contributed by atoms with Gasteiger partial charge in [-0.2, -0.15) is 0 Å². The minimum atomic E-state index is -0.172. The summed E-state index contributed by atoms with van der Waals surface area (Å²) >= 11 is 0. The van der Waals surface area contributed by atoms with Gasteiger partial charge in [-0.3, -0.25) is 9.59 Å². The van der Waals surface area contributed by atoms with Crippen molar-refractivity contribution in [1.29, 1.82) is 0 Å². The average molecular weight is 460 g/mol. The van der Waals surface area contributed by atoms with Crippen LogP contribution in [0.5, 0.6) is 11.5 Å². The summed E-state index contributed by atoms with van der Waals surface area (Å²) in [5.74, 6) is 0.797. The zero-order valence-corrected chi connectivity index (χ0v) is 19.7. The predicted octanol–water partition coefficient (Wildman–Crippen LogP) is 4.13. The monoisotopic (exact) mass is 459 g/mol. The molecule has 0 aromatic heterocycles. The topological polar surface area (TPSA) is 79.9 Å². The minimum Gasteiger partial charge on any atom is -0.493 e. The van der Waals surface area contributed by atoms with E-state index < -0.39 is 0 Å². The first-order chi connectivity index (χ1) is 16.4. The molecule has 3 aromatic carbocycles. The van der Waals surface area contributed by atoms with Gasteiger partial charge < -0.3 is 25.0 Å².